The lowest BCUT2D eigenvalue weighted by atomic mass is 9.80. The fourth-order valence-corrected chi connectivity index (χ4v) is 4.19. The van der Waals surface area contributed by atoms with Crippen LogP contribution in [0, 0.1) is 0 Å². The Kier molecular flexibility index (Phi) is 4.93. The fourth-order valence-electron chi connectivity index (χ4n) is 4.19. The lowest BCUT2D eigenvalue weighted by Gasteiger charge is -2.33. The van der Waals surface area contributed by atoms with Crippen molar-refractivity contribution in [1.82, 2.24) is 0 Å². The normalized spacial score (nSPS) is 14.5. The maximum atomic E-state index is 12.9. The first-order chi connectivity index (χ1) is 15.3. The van der Waals surface area contributed by atoms with Crippen LogP contribution in [0.2, 0.25) is 0 Å². The van der Waals surface area contributed by atoms with Crippen molar-refractivity contribution in [2.24, 2.45) is 5.16 Å². The van der Waals surface area contributed by atoms with Gasteiger partial charge in [-0.15, -0.1) is 0 Å². The number of benzene rings is 4. The molecule has 4 aromatic carbocycles. The highest BCUT2D eigenvalue weighted by Crippen LogP contribution is 2.41. The third-order valence-corrected chi connectivity index (χ3v) is 5.72. The third-order valence-electron chi connectivity index (χ3n) is 5.72. The molecule has 0 fully saturated rings. The summed E-state index contributed by atoms with van der Waals surface area (Å²) >= 11 is 0. The number of Topliss-reactive ketones (excluding diaryl/α,β-unsaturated/α-hetero) is 1. The van der Waals surface area contributed by atoms with Crippen molar-refractivity contribution in [3.63, 3.8) is 0 Å². The van der Waals surface area contributed by atoms with E-state index in [1.165, 1.54) is 0 Å². The summed E-state index contributed by atoms with van der Waals surface area (Å²) in [6, 6.07) is 37.7. The molecule has 31 heavy (non-hydrogen) atoms. The van der Waals surface area contributed by atoms with Gasteiger partial charge in [0.05, 0.1) is 0 Å². The van der Waals surface area contributed by atoms with E-state index in [1.807, 2.05) is 115 Å². The first-order valence-corrected chi connectivity index (χ1v) is 10.3. The molecule has 4 aromatic rings. The number of carbonyl (C=O) groups is 1. The molecule has 3 heteroatoms. The number of ketones is 1. The van der Waals surface area contributed by atoms with Crippen LogP contribution in [0.15, 0.2) is 120 Å². The Morgan fingerprint density at radius 2 is 1.06 bits per heavy atom. The first kappa shape index (κ1) is 19.0. The van der Waals surface area contributed by atoms with Crippen LogP contribution >= 0.6 is 0 Å². The highest BCUT2D eigenvalue weighted by atomic mass is 16.7. The van der Waals surface area contributed by atoms with E-state index in [9.17, 15) is 4.79 Å². The lowest BCUT2D eigenvalue weighted by Crippen LogP contribution is -2.32. The first-order valence-electron chi connectivity index (χ1n) is 10.3. The van der Waals surface area contributed by atoms with E-state index in [4.69, 9.17) is 4.84 Å². The van der Waals surface area contributed by atoms with Crippen LogP contribution < -0.4 is 0 Å². The number of nitrogens with zero attached hydrogens (tertiary/aromatic N) is 1. The molecular weight excluding hydrogens is 382 g/mol. The van der Waals surface area contributed by atoms with Gasteiger partial charge in [0.15, 0.2) is 0 Å². The van der Waals surface area contributed by atoms with Crippen molar-refractivity contribution < 1.29 is 9.63 Å². The summed E-state index contributed by atoms with van der Waals surface area (Å²) in [5.41, 5.74) is 3.97. The molecule has 0 atom stereocenters. The summed E-state index contributed by atoms with van der Waals surface area (Å²) in [7, 11) is 0. The quantitative estimate of drug-likeness (QED) is 0.312. The number of oxime groups is 1. The van der Waals surface area contributed by atoms with Gasteiger partial charge in [-0.2, -0.15) is 0 Å². The minimum absolute atomic E-state index is 0.0707. The topological polar surface area (TPSA) is 38.7 Å². The minimum Gasteiger partial charge on any atom is -0.374 e. The molecule has 0 saturated heterocycles. The van der Waals surface area contributed by atoms with Gasteiger partial charge in [-0.3, -0.25) is 4.79 Å². The highest BCUT2D eigenvalue weighted by Gasteiger charge is 2.40. The molecule has 1 aliphatic rings. The molecule has 0 aliphatic heterocycles. The van der Waals surface area contributed by atoms with Gasteiger partial charge in [0, 0.05) is 28.7 Å². The van der Waals surface area contributed by atoms with Crippen molar-refractivity contribution in [3.8, 4) is 0 Å². The van der Waals surface area contributed by atoms with Crippen molar-refractivity contribution in [1.29, 1.82) is 0 Å². The van der Waals surface area contributed by atoms with Crippen molar-refractivity contribution >= 4 is 11.5 Å². The Labute approximate surface area is 181 Å². The maximum absolute atomic E-state index is 12.9. The number of rotatable bonds is 5. The molecule has 0 unspecified atom stereocenters. The highest BCUT2D eigenvalue weighted by molar-refractivity contribution is 6.49. The molecule has 150 valence electrons. The van der Waals surface area contributed by atoms with E-state index >= 15 is 0 Å². The summed E-state index contributed by atoms with van der Waals surface area (Å²) in [4.78, 5) is 19.4. The van der Waals surface area contributed by atoms with E-state index in [2.05, 4.69) is 5.16 Å². The molecule has 3 nitrogen and oxygen atoms in total. The summed E-state index contributed by atoms with van der Waals surface area (Å²) in [6.45, 7) is 0. The second-order valence-electron chi connectivity index (χ2n) is 7.57. The molecule has 0 saturated carbocycles. The molecule has 0 bridgehead atoms. The zero-order chi connectivity index (χ0) is 21.1. The van der Waals surface area contributed by atoms with Gasteiger partial charge in [0.1, 0.15) is 5.71 Å². The number of fused-ring (bicyclic) bond motifs is 1. The summed E-state index contributed by atoms with van der Waals surface area (Å²) in [6.07, 6.45) is 0.476. The SMILES string of the molecule is O=C1C(=NOC(c2ccccc2)(c2ccccc2)c2ccccc2)Cc2ccccc21. The van der Waals surface area contributed by atoms with Crippen LogP contribution in [0.3, 0.4) is 0 Å². The van der Waals surface area contributed by atoms with Gasteiger partial charge in [-0.25, -0.2) is 0 Å². The zero-order valence-electron chi connectivity index (χ0n) is 16.9. The van der Waals surface area contributed by atoms with Crippen LogP contribution in [0.4, 0.5) is 0 Å². The van der Waals surface area contributed by atoms with Gasteiger partial charge < -0.3 is 4.84 Å². The second-order valence-corrected chi connectivity index (χ2v) is 7.57. The predicted molar refractivity (Wildman–Crippen MR) is 122 cm³/mol. The maximum Gasteiger partial charge on any atom is 0.212 e. The molecule has 0 heterocycles. The van der Waals surface area contributed by atoms with Crippen LogP contribution in [0.25, 0.3) is 0 Å². The molecular formula is C28H21NO2. The van der Waals surface area contributed by atoms with Crippen molar-refractivity contribution in [3.05, 3.63) is 143 Å². The molecule has 5 rings (SSSR count). The average molecular weight is 403 g/mol. The monoisotopic (exact) mass is 403 g/mol. The predicted octanol–water partition coefficient (Wildman–Crippen LogP) is 5.79. The lowest BCUT2D eigenvalue weighted by molar-refractivity contribution is 0.0168. The summed E-state index contributed by atoms with van der Waals surface area (Å²) in [5.74, 6) is -0.0707. The number of hydrogen-bond acceptors (Lipinski definition) is 3. The fraction of sp³-hybridized carbons (Fsp3) is 0.0714. The van der Waals surface area contributed by atoms with E-state index in [-0.39, 0.29) is 5.78 Å². The number of carbonyl (C=O) groups excluding carboxylic acids is 1. The Hall–Kier alpha value is -3.98. The van der Waals surface area contributed by atoms with Crippen LogP contribution in [-0.4, -0.2) is 11.5 Å². The Balaban J connectivity index is 1.67. The summed E-state index contributed by atoms with van der Waals surface area (Å²) < 4.78 is 0. The van der Waals surface area contributed by atoms with Crippen LogP contribution in [0.5, 0.6) is 0 Å². The molecule has 1 aliphatic carbocycles. The van der Waals surface area contributed by atoms with Crippen LogP contribution in [-0.2, 0) is 16.9 Å². The molecule has 0 amide bonds. The standard InChI is InChI=1S/C28H21NO2/c30-27-25-19-11-10-12-21(25)20-26(27)29-31-28(22-13-4-1-5-14-22,23-15-6-2-7-16-23)24-17-8-3-9-18-24/h1-19H,20H2. The largest absolute Gasteiger partial charge is 0.374 e. The molecule has 0 radical (unpaired) electrons. The Morgan fingerprint density at radius 3 is 1.55 bits per heavy atom. The van der Waals surface area contributed by atoms with Crippen molar-refractivity contribution in [2.75, 3.05) is 0 Å². The second kappa shape index (κ2) is 8.04. The summed E-state index contributed by atoms with van der Waals surface area (Å²) in [5, 5.41) is 4.49. The minimum atomic E-state index is -0.980. The van der Waals surface area contributed by atoms with E-state index in [1.54, 1.807) is 0 Å². The van der Waals surface area contributed by atoms with Gasteiger partial charge in [0.25, 0.3) is 0 Å². The Morgan fingerprint density at radius 1 is 0.613 bits per heavy atom. The van der Waals surface area contributed by atoms with Crippen LogP contribution in [0.1, 0.15) is 32.6 Å². The van der Waals surface area contributed by atoms with Gasteiger partial charge in [-0.05, 0) is 5.56 Å². The Bertz CT molecular complexity index is 1140. The zero-order valence-corrected chi connectivity index (χ0v) is 16.9. The van der Waals surface area contributed by atoms with Crippen molar-refractivity contribution in [2.45, 2.75) is 12.0 Å². The van der Waals surface area contributed by atoms with E-state index < -0.39 is 5.60 Å². The van der Waals surface area contributed by atoms with Gasteiger partial charge in [-0.1, -0.05) is 120 Å². The number of hydrogen-bond donors (Lipinski definition) is 0. The van der Waals surface area contributed by atoms with E-state index in [0.29, 0.717) is 17.7 Å². The van der Waals surface area contributed by atoms with Gasteiger partial charge >= 0.3 is 0 Å². The van der Waals surface area contributed by atoms with E-state index in [0.717, 1.165) is 22.3 Å². The smallest absolute Gasteiger partial charge is 0.212 e. The molecule has 0 N–H and O–H groups in total. The third kappa shape index (κ3) is 3.34. The molecule has 0 aromatic heterocycles. The average Bonchev–Trinajstić information content (AvgIpc) is 3.17. The van der Waals surface area contributed by atoms with Gasteiger partial charge in [0.2, 0.25) is 11.4 Å². The molecule has 0 spiro atoms.